The van der Waals surface area contributed by atoms with Crippen LogP contribution in [0.5, 0.6) is 0 Å². The number of hydrazone groups is 1. The Kier molecular flexibility index (Phi) is 5.55. The molecule has 154 valence electrons. The zero-order chi connectivity index (χ0) is 22.0. The van der Waals surface area contributed by atoms with Crippen molar-refractivity contribution in [3.05, 3.63) is 99.1 Å². The van der Waals surface area contributed by atoms with Crippen LogP contribution in [-0.2, 0) is 0 Å². The lowest BCUT2D eigenvalue weighted by molar-refractivity contribution is -0.384. The number of rotatable bonds is 5. The third-order valence-electron chi connectivity index (χ3n) is 4.63. The number of nitro benzene ring substituents is 1. The van der Waals surface area contributed by atoms with E-state index in [0.717, 1.165) is 21.3 Å². The third-order valence-corrected chi connectivity index (χ3v) is 5.62. The van der Waals surface area contributed by atoms with Gasteiger partial charge in [-0.05, 0) is 61.4 Å². The van der Waals surface area contributed by atoms with Gasteiger partial charge in [0.25, 0.3) is 11.6 Å². The van der Waals surface area contributed by atoms with E-state index in [1.54, 1.807) is 24.3 Å². The third kappa shape index (κ3) is 4.49. The minimum Gasteiger partial charge on any atom is -0.267 e. The second-order valence-electron chi connectivity index (χ2n) is 7.04. The standard InChI is InChI=1S/C23H18N4O3S/c1-15-3-8-18(9-4-15)22(28)26(23-25-20-12-5-16(2)13-21(20)31-23)24-14-17-6-10-19(11-7-17)27(29)30/h3-14H,1-2H3/b24-14+. The van der Waals surface area contributed by atoms with Crippen LogP contribution in [0, 0.1) is 24.0 Å². The summed E-state index contributed by atoms with van der Waals surface area (Å²) in [6, 6.07) is 19.1. The quantitative estimate of drug-likeness (QED) is 0.237. The molecule has 3 aromatic carbocycles. The Balaban J connectivity index is 1.73. The van der Waals surface area contributed by atoms with Gasteiger partial charge in [0.2, 0.25) is 5.13 Å². The van der Waals surface area contributed by atoms with Gasteiger partial charge in [-0.3, -0.25) is 14.9 Å². The Morgan fingerprint density at radius 1 is 1.03 bits per heavy atom. The monoisotopic (exact) mass is 430 g/mol. The second kappa shape index (κ2) is 8.45. The first kappa shape index (κ1) is 20.4. The topological polar surface area (TPSA) is 88.7 Å². The largest absolute Gasteiger partial charge is 0.280 e. The first-order valence-corrected chi connectivity index (χ1v) is 10.3. The van der Waals surface area contributed by atoms with Crippen molar-refractivity contribution in [3.8, 4) is 0 Å². The lowest BCUT2D eigenvalue weighted by Gasteiger charge is -2.14. The lowest BCUT2D eigenvalue weighted by Crippen LogP contribution is -2.25. The van der Waals surface area contributed by atoms with Crippen LogP contribution >= 0.6 is 11.3 Å². The Bertz CT molecular complexity index is 1290. The van der Waals surface area contributed by atoms with Crippen LogP contribution in [0.4, 0.5) is 10.8 Å². The molecule has 0 atom stereocenters. The molecule has 0 radical (unpaired) electrons. The van der Waals surface area contributed by atoms with E-state index in [9.17, 15) is 14.9 Å². The van der Waals surface area contributed by atoms with Crippen LogP contribution in [0.25, 0.3) is 10.2 Å². The van der Waals surface area contributed by atoms with Crippen molar-refractivity contribution >= 4 is 44.5 Å². The Morgan fingerprint density at radius 3 is 2.39 bits per heavy atom. The molecule has 0 aliphatic carbocycles. The number of hydrogen-bond donors (Lipinski definition) is 0. The predicted octanol–water partition coefficient (Wildman–Crippen LogP) is 5.50. The summed E-state index contributed by atoms with van der Waals surface area (Å²) in [7, 11) is 0. The predicted molar refractivity (Wildman–Crippen MR) is 123 cm³/mol. The number of anilines is 1. The molecule has 1 amide bonds. The van der Waals surface area contributed by atoms with Gasteiger partial charge in [0.15, 0.2) is 0 Å². The molecular weight excluding hydrogens is 412 g/mol. The van der Waals surface area contributed by atoms with Crippen LogP contribution in [0.3, 0.4) is 0 Å². The van der Waals surface area contributed by atoms with Gasteiger partial charge in [-0.2, -0.15) is 10.1 Å². The molecule has 7 nitrogen and oxygen atoms in total. The number of nitrogens with zero attached hydrogens (tertiary/aromatic N) is 4. The summed E-state index contributed by atoms with van der Waals surface area (Å²) >= 11 is 1.38. The fourth-order valence-electron chi connectivity index (χ4n) is 2.92. The molecule has 0 spiro atoms. The fourth-order valence-corrected chi connectivity index (χ4v) is 3.94. The van der Waals surface area contributed by atoms with E-state index in [2.05, 4.69) is 10.1 Å². The van der Waals surface area contributed by atoms with Crippen molar-refractivity contribution in [1.29, 1.82) is 0 Å². The van der Waals surface area contributed by atoms with E-state index in [1.807, 2.05) is 44.2 Å². The molecular formula is C23H18N4O3S. The van der Waals surface area contributed by atoms with Gasteiger partial charge in [-0.1, -0.05) is 35.1 Å². The average Bonchev–Trinajstić information content (AvgIpc) is 3.17. The van der Waals surface area contributed by atoms with Crippen LogP contribution in [0.1, 0.15) is 27.0 Å². The number of aryl methyl sites for hydroxylation is 2. The molecule has 0 bridgehead atoms. The van der Waals surface area contributed by atoms with Crippen LogP contribution in [-0.4, -0.2) is 22.0 Å². The fraction of sp³-hybridized carbons (Fsp3) is 0.0870. The molecule has 4 rings (SSSR count). The number of hydrogen-bond acceptors (Lipinski definition) is 6. The van der Waals surface area contributed by atoms with E-state index >= 15 is 0 Å². The van der Waals surface area contributed by atoms with Gasteiger partial charge in [-0.25, -0.2) is 4.98 Å². The molecule has 0 aliphatic rings. The van der Waals surface area contributed by atoms with E-state index in [1.165, 1.54) is 34.7 Å². The summed E-state index contributed by atoms with van der Waals surface area (Å²) in [5.74, 6) is -0.311. The summed E-state index contributed by atoms with van der Waals surface area (Å²) in [6.45, 7) is 3.95. The van der Waals surface area contributed by atoms with Gasteiger partial charge >= 0.3 is 0 Å². The van der Waals surface area contributed by atoms with Crippen molar-refractivity contribution in [3.63, 3.8) is 0 Å². The lowest BCUT2D eigenvalue weighted by atomic mass is 10.1. The van der Waals surface area contributed by atoms with Gasteiger partial charge in [0.1, 0.15) is 0 Å². The number of fused-ring (bicyclic) bond motifs is 1. The molecule has 8 heteroatoms. The number of aromatic nitrogens is 1. The molecule has 1 heterocycles. The maximum absolute atomic E-state index is 13.3. The highest BCUT2D eigenvalue weighted by Crippen LogP contribution is 2.30. The minimum atomic E-state index is -0.461. The highest BCUT2D eigenvalue weighted by atomic mass is 32.1. The van der Waals surface area contributed by atoms with E-state index in [0.29, 0.717) is 16.3 Å². The SMILES string of the molecule is Cc1ccc(C(=O)N(/N=C/c2ccc([N+](=O)[O-])cc2)c2nc3ccc(C)cc3s2)cc1. The average molecular weight is 430 g/mol. The van der Waals surface area contributed by atoms with Crippen molar-refractivity contribution in [2.75, 3.05) is 5.01 Å². The Morgan fingerprint density at radius 2 is 1.71 bits per heavy atom. The summed E-state index contributed by atoms with van der Waals surface area (Å²) < 4.78 is 0.960. The zero-order valence-corrected chi connectivity index (χ0v) is 17.7. The molecule has 0 saturated carbocycles. The first-order valence-electron chi connectivity index (χ1n) is 9.47. The zero-order valence-electron chi connectivity index (χ0n) is 16.9. The number of carbonyl (C=O) groups is 1. The number of thiazole rings is 1. The Labute approximate surface area is 182 Å². The number of carbonyl (C=O) groups excluding carboxylic acids is 1. The van der Waals surface area contributed by atoms with Gasteiger partial charge in [-0.15, -0.1) is 0 Å². The van der Waals surface area contributed by atoms with Crippen LogP contribution in [0.2, 0.25) is 0 Å². The van der Waals surface area contributed by atoms with Crippen molar-refractivity contribution in [2.24, 2.45) is 5.10 Å². The summed E-state index contributed by atoms with van der Waals surface area (Å²) in [5, 5.41) is 17.0. The second-order valence-corrected chi connectivity index (χ2v) is 8.05. The van der Waals surface area contributed by atoms with Crippen LogP contribution < -0.4 is 5.01 Å². The number of nitro groups is 1. The van der Waals surface area contributed by atoms with Crippen molar-refractivity contribution in [2.45, 2.75) is 13.8 Å². The number of amides is 1. The molecule has 31 heavy (non-hydrogen) atoms. The number of non-ortho nitro benzene ring substituents is 1. The summed E-state index contributed by atoms with van der Waals surface area (Å²) in [4.78, 5) is 28.2. The molecule has 0 N–H and O–H groups in total. The Hall–Kier alpha value is -3.91. The van der Waals surface area contributed by atoms with E-state index < -0.39 is 4.92 Å². The van der Waals surface area contributed by atoms with E-state index in [-0.39, 0.29) is 11.6 Å². The van der Waals surface area contributed by atoms with Gasteiger partial charge in [0, 0.05) is 17.7 Å². The molecule has 0 unspecified atom stereocenters. The highest BCUT2D eigenvalue weighted by Gasteiger charge is 2.21. The van der Waals surface area contributed by atoms with Crippen molar-refractivity contribution in [1.82, 2.24) is 4.98 Å². The summed E-state index contributed by atoms with van der Waals surface area (Å²) in [5.41, 5.74) is 4.05. The maximum atomic E-state index is 13.3. The molecule has 0 fully saturated rings. The first-order chi connectivity index (χ1) is 14.9. The van der Waals surface area contributed by atoms with Crippen molar-refractivity contribution < 1.29 is 9.72 Å². The van der Waals surface area contributed by atoms with Gasteiger partial charge in [0.05, 0.1) is 21.4 Å². The summed E-state index contributed by atoms with van der Waals surface area (Å²) in [6.07, 6.45) is 1.49. The van der Waals surface area contributed by atoms with Crippen LogP contribution in [0.15, 0.2) is 71.8 Å². The molecule has 0 saturated heterocycles. The highest BCUT2D eigenvalue weighted by molar-refractivity contribution is 7.22. The minimum absolute atomic E-state index is 0.00807. The smallest absolute Gasteiger partial charge is 0.267 e. The molecule has 0 aliphatic heterocycles. The maximum Gasteiger partial charge on any atom is 0.280 e. The van der Waals surface area contributed by atoms with Gasteiger partial charge < -0.3 is 0 Å². The number of benzene rings is 3. The normalized spacial score (nSPS) is 11.2. The molecule has 4 aromatic rings. The van der Waals surface area contributed by atoms with E-state index in [4.69, 9.17) is 0 Å². The molecule has 1 aromatic heterocycles.